The van der Waals surface area contributed by atoms with Crippen LogP contribution in [0.1, 0.15) is 48.0 Å². The standard InChI is InChI=1S/C11H22O4/c1-7-13-9(12)8-11(5,6)15-14-10(2,3)4/h7-8H2,1-6H3. The Hall–Kier alpha value is -0.610. The van der Waals surface area contributed by atoms with E-state index in [2.05, 4.69) is 0 Å². The molecule has 4 nitrogen and oxygen atoms in total. The largest absolute Gasteiger partial charge is 0.466 e. The molecule has 0 heterocycles. The SMILES string of the molecule is CCOC(=O)CC(C)(C)OOC(C)(C)C. The molecule has 0 spiro atoms. The quantitative estimate of drug-likeness (QED) is 0.404. The van der Waals surface area contributed by atoms with Crippen LogP contribution in [0.4, 0.5) is 0 Å². The van der Waals surface area contributed by atoms with Crippen molar-refractivity contribution in [3.8, 4) is 0 Å². The van der Waals surface area contributed by atoms with Crippen molar-refractivity contribution < 1.29 is 19.3 Å². The van der Waals surface area contributed by atoms with Crippen molar-refractivity contribution in [2.24, 2.45) is 0 Å². The van der Waals surface area contributed by atoms with Gasteiger partial charge in [-0.1, -0.05) is 0 Å². The van der Waals surface area contributed by atoms with Crippen molar-refractivity contribution >= 4 is 5.97 Å². The number of esters is 1. The average molecular weight is 218 g/mol. The molecule has 0 aliphatic rings. The normalized spacial score (nSPS) is 12.7. The second kappa shape index (κ2) is 5.47. The van der Waals surface area contributed by atoms with Gasteiger partial charge in [0.2, 0.25) is 0 Å². The Morgan fingerprint density at radius 1 is 1.07 bits per heavy atom. The minimum absolute atomic E-state index is 0.178. The van der Waals surface area contributed by atoms with E-state index in [1.165, 1.54) is 0 Å². The highest BCUT2D eigenvalue weighted by Crippen LogP contribution is 2.19. The number of hydrogen-bond acceptors (Lipinski definition) is 4. The maximum Gasteiger partial charge on any atom is 0.308 e. The number of hydrogen-bond donors (Lipinski definition) is 0. The summed E-state index contributed by atoms with van der Waals surface area (Å²) in [4.78, 5) is 21.6. The summed E-state index contributed by atoms with van der Waals surface area (Å²) < 4.78 is 4.84. The lowest BCUT2D eigenvalue weighted by Crippen LogP contribution is -2.33. The fraction of sp³-hybridized carbons (Fsp3) is 0.909. The summed E-state index contributed by atoms with van der Waals surface area (Å²) in [5, 5.41) is 0. The van der Waals surface area contributed by atoms with Crippen molar-refractivity contribution in [2.45, 2.75) is 59.2 Å². The Morgan fingerprint density at radius 3 is 2.00 bits per heavy atom. The van der Waals surface area contributed by atoms with Crippen LogP contribution < -0.4 is 0 Å². The van der Waals surface area contributed by atoms with Gasteiger partial charge in [-0.05, 0) is 41.5 Å². The smallest absolute Gasteiger partial charge is 0.308 e. The molecule has 0 unspecified atom stereocenters. The molecular weight excluding hydrogens is 196 g/mol. The topological polar surface area (TPSA) is 44.8 Å². The molecule has 0 aliphatic carbocycles. The zero-order valence-electron chi connectivity index (χ0n) is 10.5. The third-order valence-electron chi connectivity index (χ3n) is 1.39. The molecule has 0 bridgehead atoms. The second-order valence-corrected chi connectivity index (χ2v) is 5.02. The van der Waals surface area contributed by atoms with Crippen molar-refractivity contribution in [3.05, 3.63) is 0 Å². The van der Waals surface area contributed by atoms with Crippen LogP contribution in [0.5, 0.6) is 0 Å². The number of rotatable bonds is 5. The van der Waals surface area contributed by atoms with Gasteiger partial charge >= 0.3 is 5.97 Å². The van der Waals surface area contributed by atoms with Gasteiger partial charge in [-0.3, -0.25) is 4.79 Å². The Morgan fingerprint density at radius 2 is 1.60 bits per heavy atom. The van der Waals surface area contributed by atoms with Crippen LogP contribution in [0.2, 0.25) is 0 Å². The zero-order chi connectivity index (χ0) is 12.1. The van der Waals surface area contributed by atoms with Crippen LogP contribution in [0.25, 0.3) is 0 Å². The summed E-state index contributed by atoms with van der Waals surface area (Å²) in [7, 11) is 0. The van der Waals surface area contributed by atoms with Gasteiger partial charge in [0.1, 0.15) is 5.60 Å². The molecule has 0 N–H and O–H groups in total. The summed E-state index contributed by atoms with van der Waals surface area (Å²) in [6, 6.07) is 0. The van der Waals surface area contributed by atoms with Crippen LogP contribution >= 0.6 is 0 Å². The van der Waals surface area contributed by atoms with Crippen molar-refractivity contribution in [3.63, 3.8) is 0 Å². The van der Waals surface area contributed by atoms with E-state index in [1.54, 1.807) is 20.8 Å². The second-order valence-electron chi connectivity index (χ2n) is 5.02. The molecule has 0 rings (SSSR count). The first-order valence-electron chi connectivity index (χ1n) is 5.19. The van der Waals surface area contributed by atoms with Gasteiger partial charge in [-0.25, -0.2) is 9.78 Å². The zero-order valence-corrected chi connectivity index (χ0v) is 10.5. The average Bonchev–Trinajstić information content (AvgIpc) is 1.99. The van der Waals surface area contributed by atoms with Gasteiger partial charge in [-0.15, -0.1) is 0 Å². The van der Waals surface area contributed by atoms with Gasteiger partial charge in [0, 0.05) is 0 Å². The maximum atomic E-state index is 11.2. The first-order valence-corrected chi connectivity index (χ1v) is 5.19. The van der Waals surface area contributed by atoms with Gasteiger partial charge in [0.05, 0.1) is 18.6 Å². The van der Waals surface area contributed by atoms with Gasteiger partial charge in [0.15, 0.2) is 0 Å². The van der Waals surface area contributed by atoms with Crippen LogP contribution in [0.3, 0.4) is 0 Å². The Balaban J connectivity index is 4.02. The van der Waals surface area contributed by atoms with E-state index in [9.17, 15) is 4.79 Å². The molecule has 90 valence electrons. The molecule has 0 aromatic rings. The molecule has 0 aromatic heterocycles. The van der Waals surface area contributed by atoms with E-state index in [1.807, 2.05) is 20.8 Å². The van der Waals surface area contributed by atoms with Crippen LogP contribution in [-0.4, -0.2) is 23.8 Å². The lowest BCUT2D eigenvalue weighted by Gasteiger charge is -2.27. The van der Waals surface area contributed by atoms with E-state index in [0.717, 1.165) is 0 Å². The molecule has 15 heavy (non-hydrogen) atoms. The highest BCUT2D eigenvalue weighted by molar-refractivity contribution is 5.70. The number of carbonyl (C=O) groups excluding carboxylic acids is 1. The number of ether oxygens (including phenoxy) is 1. The minimum atomic E-state index is -0.667. The Labute approximate surface area is 91.8 Å². The summed E-state index contributed by atoms with van der Waals surface area (Å²) in [5.74, 6) is -0.278. The van der Waals surface area contributed by atoms with Crippen LogP contribution in [-0.2, 0) is 19.3 Å². The molecule has 0 aliphatic heterocycles. The Bertz CT molecular complexity index is 203. The molecular formula is C11H22O4. The summed E-state index contributed by atoms with van der Waals surface area (Å²) in [6.45, 7) is 11.4. The minimum Gasteiger partial charge on any atom is -0.466 e. The van der Waals surface area contributed by atoms with E-state index < -0.39 is 5.60 Å². The highest BCUT2D eigenvalue weighted by atomic mass is 17.2. The van der Waals surface area contributed by atoms with Gasteiger partial charge in [0.25, 0.3) is 0 Å². The third kappa shape index (κ3) is 8.39. The van der Waals surface area contributed by atoms with E-state index in [0.29, 0.717) is 6.61 Å². The van der Waals surface area contributed by atoms with Crippen LogP contribution in [0, 0.1) is 0 Å². The molecule has 0 atom stereocenters. The fourth-order valence-corrected chi connectivity index (χ4v) is 0.827. The molecule has 0 amide bonds. The van der Waals surface area contributed by atoms with E-state index >= 15 is 0 Å². The number of carbonyl (C=O) groups is 1. The molecule has 0 radical (unpaired) electrons. The molecule has 0 aromatic carbocycles. The first-order chi connectivity index (χ1) is 6.66. The molecule has 0 saturated heterocycles. The van der Waals surface area contributed by atoms with Crippen molar-refractivity contribution in [1.29, 1.82) is 0 Å². The lowest BCUT2D eigenvalue weighted by atomic mass is 10.1. The Kier molecular flexibility index (Phi) is 5.24. The summed E-state index contributed by atoms with van der Waals surface area (Å²) >= 11 is 0. The van der Waals surface area contributed by atoms with Crippen molar-refractivity contribution in [1.82, 2.24) is 0 Å². The summed E-state index contributed by atoms with van der Waals surface area (Å²) in [5.41, 5.74) is -1.05. The summed E-state index contributed by atoms with van der Waals surface area (Å²) in [6.07, 6.45) is 0.178. The van der Waals surface area contributed by atoms with Gasteiger partial charge < -0.3 is 4.74 Å². The monoisotopic (exact) mass is 218 g/mol. The molecule has 4 heteroatoms. The predicted molar refractivity (Wildman–Crippen MR) is 57.3 cm³/mol. The van der Waals surface area contributed by atoms with E-state index in [4.69, 9.17) is 14.5 Å². The van der Waals surface area contributed by atoms with Crippen LogP contribution in [0.15, 0.2) is 0 Å². The third-order valence-corrected chi connectivity index (χ3v) is 1.39. The molecule has 0 saturated carbocycles. The van der Waals surface area contributed by atoms with Crippen molar-refractivity contribution in [2.75, 3.05) is 6.61 Å². The predicted octanol–water partition coefficient (Wildman–Crippen LogP) is 2.46. The maximum absolute atomic E-state index is 11.2. The fourth-order valence-electron chi connectivity index (χ4n) is 0.827. The van der Waals surface area contributed by atoms with E-state index in [-0.39, 0.29) is 18.0 Å². The first kappa shape index (κ1) is 14.4. The highest BCUT2D eigenvalue weighted by Gasteiger charge is 2.27. The molecule has 0 fully saturated rings. The van der Waals surface area contributed by atoms with Gasteiger partial charge in [-0.2, -0.15) is 0 Å². The lowest BCUT2D eigenvalue weighted by molar-refractivity contribution is -0.396.